The van der Waals surface area contributed by atoms with E-state index in [2.05, 4.69) is 10.3 Å². The van der Waals surface area contributed by atoms with E-state index < -0.39 is 5.41 Å². The molecule has 3 rings (SSSR count). The number of aromatic nitrogens is 1. The number of rotatable bonds is 3. The predicted molar refractivity (Wildman–Crippen MR) is 70.3 cm³/mol. The number of aromatic amines is 1. The summed E-state index contributed by atoms with van der Waals surface area (Å²) in [6, 6.07) is 7.83. The van der Waals surface area contributed by atoms with Crippen LogP contribution < -0.4 is 5.32 Å². The summed E-state index contributed by atoms with van der Waals surface area (Å²) in [5.74, 6) is -0.0685. The van der Waals surface area contributed by atoms with Crippen LogP contribution in [0.5, 0.6) is 0 Å². The Kier molecular flexibility index (Phi) is 2.59. The summed E-state index contributed by atoms with van der Waals surface area (Å²) >= 11 is 0. The highest BCUT2D eigenvalue weighted by atomic mass is 16.3. The van der Waals surface area contributed by atoms with Crippen molar-refractivity contribution in [1.29, 1.82) is 0 Å². The molecule has 4 heteroatoms. The highest BCUT2D eigenvalue weighted by molar-refractivity contribution is 6.03. The van der Waals surface area contributed by atoms with Gasteiger partial charge in [-0.3, -0.25) is 4.79 Å². The molecule has 0 saturated heterocycles. The minimum atomic E-state index is -0.557. The van der Waals surface area contributed by atoms with Crippen LogP contribution in [-0.2, 0) is 4.79 Å². The van der Waals surface area contributed by atoms with Crippen molar-refractivity contribution in [3.63, 3.8) is 0 Å². The second-order valence-corrected chi connectivity index (χ2v) is 4.99. The van der Waals surface area contributed by atoms with Gasteiger partial charge in [0.2, 0.25) is 5.91 Å². The highest BCUT2D eigenvalue weighted by Crippen LogP contribution is 2.41. The summed E-state index contributed by atoms with van der Waals surface area (Å²) in [5.41, 5.74) is 1.23. The third-order valence-corrected chi connectivity index (χ3v) is 3.93. The van der Waals surface area contributed by atoms with Crippen LogP contribution in [0.3, 0.4) is 0 Å². The summed E-state index contributed by atoms with van der Waals surface area (Å²) in [7, 11) is 0. The fourth-order valence-corrected chi connectivity index (χ4v) is 2.49. The number of carbonyl (C=O) groups excluding carboxylic acids is 1. The Balaban J connectivity index is 1.86. The highest BCUT2D eigenvalue weighted by Gasteiger charge is 2.43. The van der Waals surface area contributed by atoms with Crippen molar-refractivity contribution in [3.05, 3.63) is 30.5 Å². The van der Waals surface area contributed by atoms with Crippen molar-refractivity contribution in [2.24, 2.45) is 5.41 Å². The molecule has 0 unspecified atom stereocenters. The number of aliphatic hydroxyl groups is 1. The van der Waals surface area contributed by atoms with Crippen molar-refractivity contribution >= 4 is 22.5 Å². The minimum Gasteiger partial charge on any atom is -0.395 e. The number of benzene rings is 1. The normalized spacial score (nSPS) is 17.4. The van der Waals surface area contributed by atoms with Gasteiger partial charge in [0.1, 0.15) is 0 Å². The van der Waals surface area contributed by atoms with Gasteiger partial charge in [-0.2, -0.15) is 0 Å². The van der Waals surface area contributed by atoms with Gasteiger partial charge >= 0.3 is 0 Å². The zero-order valence-electron chi connectivity index (χ0n) is 10.1. The zero-order chi connectivity index (χ0) is 12.6. The summed E-state index contributed by atoms with van der Waals surface area (Å²) in [5, 5.41) is 13.3. The molecular formula is C14H16N2O2. The number of H-pyrrole nitrogens is 1. The molecule has 0 aliphatic heterocycles. The Bertz CT molecular complexity index is 579. The molecule has 0 bridgehead atoms. The molecule has 18 heavy (non-hydrogen) atoms. The first-order chi connectivity index (χ1) is 8.75. The predicted octanol–water partition coefficient (Wildman–Crippen LogP) is 2.27. The minimum absolute atomic E-state index is 0.0683. The number of para-hydroxylation sites is 1. The van der Waals surface area contributed by atoms with E-state index in [0.717, 1.165) is 35.9 Å². The maximum absolute atomic E-state index is 12.2. The van der Waals surface area contributed by atoms with Gasteiger partial charge in [0, 0.05) is 17.1 Å². The fourth-order valence-electron chi connectivity index (χ4n) is 2.49. The molecule has 0 radical (unpaired) electrons. The third-order valence-electron chi connectivity index (χ3n) is 3.93. The molecule has 4 nitrogen and oxygen atoms in total. The Morgan fingerprint density at radius 1 is 1.39 bits per heavy atom. The lowest BCUT2D eigenvalue weighted by Gasteiger charge is -2.38. The van der Waals surface area contributed by atoms with Crippen LogP contribution >= 0.6 is 0 Å². The largest absolute Gasteiger partial charge is 0.395 e. The first kappa shape index (κ1) is 11.3. The van der Waals surface area contributed by atoms with E-state index in [-0.39, 0.29) is 12.5 Å². The van der Waals surface area contributed by atoms with Crippen molar-refractivity contribution in [3.8, 4) is 0 Å². The number of carbonyl (C=O) groups is 1. The van der Waals surface area contributed by atoms with Crippen molar-refractivity contribution in [2.75, 3.05) is 11.9 Å². The first-order valence-corrected chi connectivity index (χ1v) is 6.24. The molecule has 1 saturated carbocycles. The van der Waals surface area contributed by atoms with Crippen LogP contribution in [0.1, 0.15) is 19.3 Å². The van der Waals surface area contributed by atoms with Crippen LogP contribution in [0.15, 0.2) is 30.5 Å². The first-order valence-electron chi connectivity index (χ1n) is 6.24. The lowest BCUT2D eigenvalue weighted by Crippen LogP contribution is -2.44. The number of hydrogen-bond acceptors (Lipinski definition) is 2. The van der Waals surface area contributed by atoms with Crippen LogP contribution in [0.2, 0.25) is 0 Å². The molecule has 1 heterocycles. The molecule has 1 aromatic carbocycles. The van der Waals surface area contributed by atoms with Crippen LogP contribution in [0.25, 0.3) is 10.9 Å². The average molecular weight is 244 g/mol. The van der Waals surface area contributed by atoms with Gasteiger partial charge in [-0.15, -0.1) is 0 Å². The summed E-state index contributed by atoms with van der Waals surface area (Å²) in [6.07, 6.45) is 4.36. The molecule has 1 aromatic heterocycles. The Morgan fingerprint density at radius 2 is 2.17 bits per heavy atom. The Morgan fingerprint density at radius 3 is 2.83 bits per heavy atom. The number of aliphatic hydroxyl groups excluding tert-OH is 1. The Hall–Kier alpha value is -1.81. The molecule has 94 valence electrons. The van der Waals surface area contributed by atoms with Crippen molar-refractivity contribution in [2.45, 2.75) is 19.3 Å². The van der Waals surface area contributed by atoms with E-state index in [9.17, 15) is 9.90 Å². The van der Waals surface area contributed by atoms with Crippen LogP contribution in [0.4, 0.5) is 5.69 Å². The summed E-state index contributed by atoms with van der Waals surface area (Å²) < 4.78 is 0. The van der Waals surface area contributed by atoms with Gasteiger partial charge in [0.25, 0.3) is 0 Å². The van der Waals surface area contributed by atoms with E-state index in [1.807, 2.05) is 24.3 Å². The molecule has 1 fully saturated rings. The summed E-state index contributed by atoms with van der Waals surface area (Å²) in [6.45, 7) is -0.0683. The second-order valence-electron chi connectivity index (χ2n) is 4.99. The van der Waals surface area contributed by atoms with Gasteiger partial charge in [-0.1, -0.05) is 24.6 Å². The van der Waals surface area contributed by atoms with E-state index in [4.69, 9.17) is 0 Å². The van der Waals surface area contributed by atoms with Gasteiger partial charge in [0.05, 0.1) is 17.7 Å². The standard InChI is InChI=1S/C14H16N2O2/c17-9-14(6-3-7-14)13(18)16-12-8-15-11-5-2-1-4-10(11)12/h1-2,4-5,8,15,17H,3,6-7,9H2,(H,16,18). The molecule has 0 atom stereocenters. The van der Waals surface area contributed by atoms with E-state index in [1.54, 1.807) is 6.20 Å². The van der Waals surface area contributed by atoms with Gasteiger partial charge in [0.15, 0.2) is 0 Å². The van der Waals surface area contributed by atoms with Gasteiger partial charge in [-0.25, -0.2) is 0 Å². The molecular weight excluding hydrogens is 228 g/mol. The molecule has 3 N–H and O–H groups in total. The molecule has 0 spiro atoms. The molecule has 1 aliphatic carbocycles. The van der Waals surface area contributed by atoms with E-state index in [1.165, 1.54) is 0 Å². The van der Waals surface area contributed by atoms with Crippen LogP contribution in [0, 0.1) is 5.41 Å². The van der Waals surface area contributed by atoms with Gasteiger partial charge in [-0.05, 0) is 18.9 Å². The maximum Gasteiger partial charge on any atom is 0.232 e. The number of amides is 1. The van der Waals surface area contributed by atoms with Crippen molar-refractivity contribution < 1.29 is 9.90 Å². The fraction of sp³-hybridized carbons (Fsp3) is 0.357. The average Bonchev–Trinajstić information content (AvgIpc) is 2.72. The second kappa shape index (κ2) is 4.14. The number of fused-ring (bicyclic) bond motifs is 1. The Labute approximate surface area is 105 Å². The topological polar surface area (TPSA) is 65.1 Å². The van der Waals surface area contributed by atoms with Gasteiger partial charge < -0.3 is 15.4 Å². The zero-order valence-corrected chi connectivity index (χ0v) is 10.1. The van der Waals surface area contributed by atoms with E-state index >= 15 is 0 Å². The maximum atomic E-state index is 12.2. The number of nitrogens with one attached hydrogen (secondary N) is 2. The molecule has 2 aromatic rings. The third kappa shape index (κ3) is 1.61. The monoisotopic (exact) mass is 244 g/mol. The lowest BCUT2D eigenvalue weighted by molar-refractivity contribution is -0.133. The quantitative estimate of drug-likeness (QED) is 0.775. The number of anilines is 1. The summed E-state index contributed by atoms with van der Waals surface area (Å²) in [4.78, 5) is 15.3. The molecule has 1 aliphatic rings. The number of hydrogen-bond donors (Lipinski definition) is 3. The van der Waals surface area contributed by atoms with E-state index in [0.29, 0.717) is 0 Å². The lowest BCUT2D eigenvalue weighted by atomic mass is 9.68. The smallest absolute Gasteiger partial charge is 0.232 e. The van der Waals surface area contributed by atoms with Crippen molar-refractivity contribution in [1.82, 2.24) is 4.98 Å². The van der Waals surface area contributed by atoms with Crippen LogP contribution in [-0.4, -0.2) is 22.6 Å². The SMILES string of the molecule is O=C(Nc1c[nH]c2ccccc12)C1(CO)CCC1. The molecule has 1 amide bonds.